The van der Waals surface area contributed by atoms with Gasteiger partial charge in [0.25, 0.3) is 6.01 Å². The molecular weight excluding hydrogens is 294 g/mol. The highest BCUT2D eigenvalue weighted by Gasteiger charge is 2.20. The SMILES string of the molecule is Cc1cc(Br)cc2nc(N3CCNC(C)C3)oc12. The van der Waals surface area contributed by atoms with E-state index in [1.807, 2.05) is 13.0 Å². The first kappa shape index (κ1) is 12.0. The van der Waals surface area contributed by atoms with E-state index >= 15 is 0 Å². The van der Waals surface area contributed by atoms with Crippen molar-refractivity contribution in [1.29, 1.82) is 0 Å². The number of aromatic nitrogens is 1. The van der Waals surface area contributed by atoms with E-state index in [4.69, 9.17) is 4.42 Å². The normalized spacial score (nSPS) is 20.6. The maximum Gasteiger partial charge on any atom is 0.298 e. The number of aryl methyl sites for hydroxylation is 1. The van der Waals surface area contributed by atoms with Crippen LogP contribution in [0.25, 0.3) is 11.1 Å². The van der Waals surface area contributed by atoms with Gasteiger partial charge in [0.2, 0.25) is 0 Å². The van der Waals surface area contributed by atoms with Crippen LogP contribution in [0.5, 0.6) is 0 Å². The van der Waals surface area contributed by atoms with Gasteiger partial charge in [-0.05, 0) is 31.5 Å². The molecule has 0 saturated carbocycles. The van der Waals surface area contributed by atoms with Crippen LogP contribution < -0.4 is 10.2 Å². The minimum Gasteiger partial charge on any atom is -0.423 e. The van der Waals surface area contributed by atoms with E-state index in [2.05, 4.69) is 44.1 Å². The maximum absolute atomic E-state index is 5.91. The number of anilines is 1. The zero-order valence-electron chi connectivity index (χ0n) is 10.5. The Kier molecular flexibility index (Phi) is 3.03. The van der Waals surface area contributed by atoms with Crippen molar-refractivity contribution in [2.45, 2.75) is 19.9 Å². The lowest BCUT2D eigenvalue weighted by molar-refractivity contribution is 0.453. The molecule has 1 aliphatic heterocycles. The number of halogens is 1. The third-order valence-electron chi connectivity index (χ3n) is 3.27. The molecule has 5 heteroatoms. The van der Waals surface area contributed by atoms with Crippen molar-refractivity contribution in [2.75, 3.05) is 24.5 Å². The Morgan fingerprint density at radius 1 is 1.50 bits per heavy atom. The first-order valence-corrected chi connectivity index (χ1v) is 6.98. The zero-order valence-corrected chi connectivity index (χ0v) is 12.1. The molecule has 0 bridgehead atoms. The van der Waals surface area contributed by atoms with Crippen molar-refractivity contribution in [3.05, 3.63) is 22.2 Å². The van der Waals surface area contributed by atoms with Crippen molar-refractivity contribution in [3.8, 4) is 0 Å². The van der Waals surface area contributed by atoms with Crippen LogP contribution >= 0.6 is 15.9 Å². The Labute approximate surface area is 114 Å². The molecule has 1 aromatic heterocycles. The van der Waals surface area contributed by atoms with Crippen LogP contribution in [-0.4, -0.2) is 30.7 Å². The summed E-state index contributed by atoms with van der Waals surface area (Å²) in [5, 5.41) is 3.42. The largest absolute Gasteiger partial charge is 0.423 e. The van der Waals surface area contributed by atoms with Crippen molar-refractivity contribution < 1.29 is 4.42 Å². The van der Waals surface area contributed by atoms with E-state index in [1.165, 1.54) is 0 Å². The average Bonchev–Trinajstić information content (AvgIpc) is 2.73. The van der Waals surface area contributed by atoms with E-state index in [0.717, 1.165) is 46.8 Å². The quantitative estimate of drug-likeness (QED) is 0.879. The standard InChI is InChI=1S/C13H16BrN3O/c1-8-5-10(14)6-11-12(8)18-13(16-11)17-4-3-15-9(2)7-17/h5-6,9,15H,3-4,7H2,1-2H3. The van der Waals surface area contributed by atoms with Gasteiger partial charge in [-0.3, -0.25) is 0 Å². The fraction of sp³-hybridized carbons (Fsp3) is 0.462. The molecule has 1 atom stereocenters. The molecule has 1 fully saturated rings. The molecule has 1 aromatic carbocycles. The number of hydrogen-bond donors (Lipinski definition) is 1. The Morgan fingerprint density at radius 2 is 2.33 bits per heavy atom. The third kappa shape index (κ3) is 2.12. The van der Waals surface area contributed by atoms with Gasteiger partial charge in [-0.25, -0.2) is 0 Å². The van der Waals surface area contributed by atoms with Gasteiger partial charge in [0.15, 0.2) is 5.58 Å². The number of benzene rings is 1. The summed E-state index contributed by atoms with van der Waals surface area (Å²) in [4.78, 5) is 6.80. The van der Waals surface area contributed by atoms with E-state index < -0.39 is 0 Å². The van der Waals surface area contributed by atoms with Crippen molar-refractivity contribution in [2.24, 2.45) is 0 Å². The Bertz CT molecular complexity index is 581. The predicted octanol–water partition coefficient (Wildman–Crippen LogP) is 2.70. The minimum absolute atomic E-state index is 0.474. The second-order valence-corrected chi connectivity index (χ2v) is 5.78. The molecule has 1 aliphatic rings. The van der Waals surface area contributed by atoms with Gasteiger partial charge in [-0.15, -0.1) is 0 Å². The van der Waals surface area contributed by atoms with Crippen LogP contribution in [0.1, 0.15) is 12.5 Å². The van der Waals surface area contributed by atoms with Gasteiger partial charge in [0.05, 0.1) is 0 Å². The maximum atomic E-state index is 5.91. The van der Waals surface area contributed by atoms with Crippen LogP contribution in [0.3, 0.4) is 0 Å². The van der Waals surface area contributed by atoms with E-state index in [1.54, 1.807) is 0 Å². The van der Waals surface area contributed by atoms with Gasteiger partial charge >= 0.3 is 0 Å². The smallest absolute Gasteiger partial charge is 0.298 e. The molecule has 2 aromatic rings. The number of oxazole rings is 1. The number of fused-ring (bicyclic) bond motifs is 1. The number of nitrogens with zero attached hydrogens (tertiary/aromatic N) is 2. The minimum atomic E-state index is 0.474. The number of hydrogen-bond acceptors (Lipinski definition) is 4. The summed E-state index contributed by atoms with van der Waals surface area (Å²) in [7, 11) is 0. The van der Waals surface area contributed by atoms with Crippen LogP contribution in [-0.2, 0) is 0 Å². The summed E-state index contributed by atoms with van der Waals surface area (Å²) in [6.45, 7) is 7.08. The summed E-state index contributed by atoms with van der Waals surface area (Å²) in [5.74, 6) is 0. The zero-order chi connectivity index (χ0) is 12.7. The molecule has 1 saturated heterocycles. The lowest BCUT2D eigenvalue weighted by atomic mass is 10.2. The van der Waals surface area contributed by atoms with E-state index in [0.29, 0.717) is 6.04 Å². The average molecular weight is 310 g/mol. The van der Waals surface area contributed by atoms with Gasteiger partial charge in [0.1, 0.15) is 5.52 Å². The molecule has 0 aliphatic carbocycles. The molecule has 4 nitrogen and oxygen atoms in total. The van der Waals surface area contributed by atoms with Gasteiger partial charge in [-0.1, -0.05) is 15.9 Å². The predicted molar refractivity (Wildman–Crippen MR) is 76.1 cm³/mol. The molecular formula is C13H16BrN3O. The topological polar surface area (TPSA) is 41.3 Å². The van der Waals surface area contributed by atoms with Gasteiger partial charge in [0, 0.05) is 30.1 Å². The molecule has 18 heavy (non-hydrogen) atoms. The molecule has 96 valence electrons. The summed E-state index contributed by atoms with van der Waals surface area (Å²) in [5.41, 5.74) is 2.92. The molecule has 1 unspecified atom stereocenters. The van der Waals surface area contributed by atoms with Crippen LogP contribution in [0.4, 0.5) is 6.01 Å². The Balaban J connectivity index is 2.00. The molecule has 1 N–H and O–H groups in total. The second kappa shape index (κ2) is 4.55. The first-order chi connectivity index (χ1) is 8.63. The summed E-state index contributed by atoms with van der Waals surface area (Å²) < 4.78 is 6.95. The highest BCUT2D eigenvalue weighted by atomic mass is 79.9. The summed E-state index contributed by atoms with van der Waals surface area (Å²) >= 11 is 3.49. The lowest BCUT2D eigenvalue weighted by Crippen LogP contribution is -2.49. The van der Waals surface area contributed by atoms with E-state index in [9.17, 15) is 0 Å². The number of rotatable bonds is 1. The van der Waals surface area contributed by atoms with Crippen molar-refractivity contribution in [1.82, 2.24) is 10.3 Å². The monoisotopic (exact) mass is 309 g/mol. The Morgan fingerprint density at radius 3 is 3.11 bits per heavy atom. The fourth-order valence-corrected chi connectivity index (χ4v) is 2.95. The van der Waals surface area contributed by atoms with E-state index in [-0.39, 0.29) is 0 Å². The fourth-order valence-electron chi connectivity index (χ4n) is 2.39. The van der Waals surface area contributed by atoms with Gasteiger partial charge < -0.3 is 14.6 Å². The van der Waals surface area contributed by atoms with Crippen molar-refractivity contribution in [3.63, 3.8) is 0 Å². The molecule has 3 rings (SSSR count). The highest BCUT2D eigenvalue weighted by Crippen LogP contribution is 2.28. The molecule has 0 spiro atoms. The third-order valence-corrected chi connectivity index (χ3v) is 3.73. The van der Waals surface area contributed by atoms with Crippen LogP contribution in [0.15, 0.2) is 21.0 Å². The molecule has 0 amide bonds. The highest BCUT2D eigenvalue weighted by molar-refractivity contribution is 9.10. The van der Waals surface area contributed by atoms with Crippen LogP contribution in [0.2, 0.25) is 0 Å². The van der Waals surface area contributed by atoms with Crippen LogP contribution in [0, 0.1) is 6.92 Å². The number of nitrogens with one attached hydrogen (secondary N) is 1. The molecule has 0 radical (unpaired) electrons. The Hall–Kier alpha value is -1.07. The molecule has 2 heterocycles. The lowest BCUT2D eigenvalue weighted by Gasteiger charge is -2.30. The second-order valence-electron chi connectivity index (χ2n) is 4.87. The van der Waals surface area contributed by atoms with Gasteiger partial charge in [-0.2, -0.15) is 4.98 Å². The summed E-state index contributed by atoms with van der Waals surface area (Å²) in [6.07, 6.45) is 0. The summed E-state index contributed by atoms with van der Waals surface area (Å²) in [6, 6.07) is 5.26. The van der Waals surface area contributed by atoms with Crippen molar-refractivity contribution >= 4 is 33.0 Å². The number of piperazine rings is 1. The first-order valence-electron chi connectivity index (χ1n) is 6.18.